The number of nitrogens with one attached hydrogen (secondary N) is 1. The highest BCUT2D eigenvalue weighted by Gasteiger charge is 2.06. The summed E-state index contributed by atoms with van der Waals surface area (Å²) in [5.41, 5.74) is 0.891. The van der Waals surface area contributed by atoms with Crippen LogP contribution in [0.1, 0.15) is 5.82 Å². The van der Waals surface area contributed by atoms with Gasteiger partial charge in [0, 0.05) is 6.20 Å². The van der Waals surface area contributed by atoms with Crippen molar-refractivity contribution in [1.82, 2.24) is 15.1 Å². The topological polar surface area (TPSA) is 54.7 Å². The van der Waals surface area contributed by atoms with Crippen molar-refractivity contribution >= 4 is 15.9 Å². The molecule has 0 aliphatic carbocycles. The summed E-state index contributed by atoms with van der Waals surface area (Å²) >= 11 is 3.29. The van der Waals surface area contributed by atoms with Crippen LogP contribution in [0.3, 0.4) is 0 Å². The van der Waals surface area contributed by atoms with E-state index >= 15 is 0 Å². The number of aromatic amines is 1. The highest BCUT2D eigenvalue weighted by atomic mass is 79.9. The van der Waals surface area contributed by atoms with Gasteiger partial charge in [0.1, 0.15) is 0 Å². The lowest BCUT2D eigenvalue weighted by Gasteiger charge is -1.81. The molecule has 0 bridgehead atoms. The average Bonchev–Trinajstić information content (AvgIpc) is 2.58. The molecule has 0 unspecified atom stereocenters. The van der Waals surface area contributed by atoms with E-state index in [-0.39, 0.29) is 0 Å². The predicted molar refractivity (Wildman–Crippen MR) is 46.5 cm³/mol. The molecule has 2 aromatic heterocycles. The predicted octanol–water partition coefficient (Wildman–Crippen LogP) is 2.14. The zero-order chi connectivity index (χ0) is 8.55. The van der Waals surface area contributed by atoms with Crippen molar-refractivity contribution in [3.63, 3.8) is 0 Å². The maximum atomic E-state index is 4.96. The van der Waals surface area contributed by atoms with Gasteiger partial charge < -0.3 is 9.51 Å². The van der Waals surface area contributed by atoms with Crippen molar-refractivity contribution in [1.29, 1.82) is 0 Å². The summed E-state index contributed by atoms with van der Waals surface area (Å²) in [7, 11) is 0. The third-order valence-corrected chi connectivity index (χ3v) is 1.88. The summed E-state index contributed by atoms with van der Waals surface area (Å²) < 4.78 is 5.86. The second kappa shape index (κ2) is 2.75. The van der Waals surface area contributed by atoms with E-state index in [9.17, 15) is 0 Å². The lowest BCUT2D eigenvalue weighted by atomic mass is 10.3. The van der Waals surface area contributed by atoms with Gasteiger partial charge in [-0.2, -0.15) is 4.98 Å². The van der Waals surface area contributed by atoms with Crippen LogP contribution in [-0.4, -0.2) is 15.1 Å². The first-order valence-corrected chi connectivity index (χ1v) is 4.19. The summed E-state index contributed by atoms with van der Waals surface area (Å²) in [5.74, 6) is 1.18. The maximum Gasteiger partial charge on any atom is 0.259 e. The van der Waals surface area contributed by atoms with Gasteiger partial charge >= 0.3 is 0 Å². The van der Waals surface area contributed by atoms with E-state index in [2.05, 4.69) is 31.1 Å². The Morgan fingerprint density at radius 2 is 2.42 bits per heavy atom. The summed E-state index contributed by atoms with van der Waals surface area (Å²) in [6.45, 7) is 1.79. The van der Waals surface area contributed by atoms with Gasteiger partial charge in [-0.15, -0.1) is 0 Å². The Labute approximate surface area is 77.1 Å². The van der Waals surface area contributed by atoms with Crippen LogP contribution in [0.15, 0.2) is 21.4 Å². The first-order valence-electron chi connectivity index (χ1n) is 3.40. The Balaban J connectivity index is 2.43. The van der Waals surface area contributed by atoms with Gasteiger partial charge in [-0.05, 0) is 28.9 Å². The lowest BCUT2D eigenvalue weighted by Crippen LogP contribution is -1.73. The lowest BCUT2D eigenvalue weighted by molar-refractivity contribution is 0.425. The van der Waals surface area contributed by atoms with E-state index in [1.165, 1.54) is 0 Å². The summed E-state index contributed by atoms with van der Waals surface area (Å²) in [6, 6.07) is 1.88. The zero-order valence-electron chi connectivity index (χ0n) is 6.34. The maximum absolute atomic E-state index is 4.96. The Hall–Kier alpha value is -1.10. The molecule has 0 aromatic carbocycles. The molecular weight excluding hydrogens is 222 g/mol. The van der Waals surface area contributed by atoms with Gasteiger partial charge in [-0.3, -0.25) is 0 Å². The van der Waals surface area contributed by atoms with Gasteiger partial charge in [0.25, 0.3) is 5.89 Å². The van der Waals surface area contributed by atoms with Crippen molar-refractivity contribution in [3.05, 3.63) is 22.7 Å². The van der Waals surface area contributed by atoms with Crippen molar-refractivity contribution in [2.45, 2.75) is 6.92 Å². The molecule has 0 fully saturated rings. The Morgan fingerprint density at radius 1 is 1.58 bits per heavy atom. The van der Waals surface area contributed by atoms with Crippen LogP contribution in [0.2, 0.25) is 0 Å². The minimum Gasteiger partial charge on any atom is -0.355 e. The molecule has 0 radical (unpaired) electrons. The first-order chi connectivity index (χ1) is 5.75. The van der Waals surface area contributed by atoms with E-state index in [1.807, 2.05) is 6.07 Å². The molecule has 0 saturated heterocycles. The molecule has 1 N–H and O–H groups in total. The van der Waals surface area contributed by atoms with Crippen LogP contribution in [0, 0.1) is 6.92 Å². The summed E-state index contributed by atoms with van der Waals surface area (Å²) in [4.78, 5) is 7.04. The Kier molecular flexibility index (Phi) is 1.73. The van der Waals surface area contributed by atoms with E-state index in [0.29, 0.717) is 11.7 Å². The van der Waals surface area contributed by atoms with Crippen LogP contribution in [-0.2, 0) is 0 Å². The Bertz CT molecular complexity index is 355. The highest BCUT2D eigenvalue weighted by molar-refractivity contribution is 9.10. The molecule has 0 atom stereocenters. The molecule has 2 heterocycles. The molecule has 2 aromatic rings. The van der Waals surface area contributed by atoms with E-state index in [4.69, 9.17) is 4.52 Å². The molecular formula is C7H6BrN3O. The molecule has 2 rings (SSSR count). The molecule has 5 heteroatoms. The van der Waals surface area contributed by atoms with Gasteiger partial charge in [0.05, 0.1) is 10.2 Å². The minimum atomic E-state index is 0.537. The largest absolute Gasteiger partial charge is 0.355 e. The molecule has 0 aliphatic rings. The molecule has 62 valence electrons. The van der Waals surface area contributed by atoms with Crippen molar-refractivity contribution < 1.29 is 4.52 Å². The van der Waals surface area contributed by atoms with Crippen molar-refractivity contribution in [2.24, 2.45) is 0 Å². The highest BCUT2D eigenvalue weighted by Crippen LogP contribution is 2.20. The first kappa shape index (κ1) is 7.54. The Morgan fingerprint density at radius 3 is 2.92 bits per heavy atom. The standard InChI is InChI=1S/C7H6BrN3O/c1-4-10-7(12-11-4)5-2-6(8)9-3-5/h2-3,9H,1H3. The third kappa shape index (κ3) is 1.27. The second-order valence-corrected chi connectivity index (χ2v) is 3.24. The van der Waals surface area contributed by atoms with E-state index < -0.39 is 0 Å². The number of rotatable bonds is 1. The van der Waals surface area contributed by atoms with Gasteiger partial charge in [-0.25, -0.2) is 0 Å². The number of aryl methyl sites for hydroxylation is 1. The zero-order valence-corrected chi connectivity index (χ0v) is 7.92. The summed E-state index contributed by atoms with van der Waals surface area (Å²) in [6.07, 6.45) is 1.80. The van der Waals surface area contributed by atoms with Gasteiger partial charge in [-0.1, -0.05) is 5.16 Å². The number of halogens is 1. The fourth-order valence-electron chi connectivity index (χ4n) is 0.904. The molecule has 0 aliphatic heterocycles. The number of H-pyrrole nitrogens is 1. The van der Waals surface area contributed by atoms with E-state index in [0.717, 1.165) is 10.2 Å². The van der Waals surface area contributed by atoms with Crippen molar-refractivity contribution in [3.8, 4) is 11.5 Å². The van der Waals surface area contributed by atoms with Crippen LogP contribution >= 0.6 is 15.9 Å². The van der Waals surface area contributed by atoms with Gasteiger partial charge in [0.2, 0.25) is 0 Å². The SMILES string of the molecule is Cc1noc(-c2c[nH]c(Br)c2)n1. The molecule has 0 amide bonds. The number of hydrogen-bond acceptors (Lipinski definition) is 3. The molecule has 0 spiro atoms. The van der Waals surface area contributed by atoms with Gasteiger partial charge in [0.15, 0.2) is 5.82 Å². The van der Waals surface area contributed by atoms with Crippen LogP contribution in [0.5, 0.6) is 0 Å². The normalized spacial score (nSPS) is 10.5. The smallest absolute Gasteiger partial charge is 0.259 e. The number of nitrogens with zero attached hydrogens (tertiary/aromatic N) is 2. The van der Waals surface area contributed by atoms with Crippen LogP contribution in [0.4, 0.5) is 0 Å². The van der Waals surface area contributed by atoms with Crippen LogP contribution in [0.25, 0.3) is 11.5 Å². The van der Waals surface area contributed by atoms with Crippen LogP contribution < -0.4 is 0 Å². The fourth-order valence-corrected chi connectivity index (χ4v) is 1.27. The summed E-state index contributed by atoms with van der Waals surface area (Å²) in [5, 5.41) is 3.69. The molecule has 4 nitrogen and oxygen atoms in total. The molecule has 12 heavy (non-hydrogen) atoms. The average molecular weight is 228 g/mol. The molecule has 0 saturated carbocycles. The number of hydrogen-bond donors (Lipinski definition) is 1. The fraction of sp³-hybridized carbons (Fsp3) is 0.143. The quantitative estimate of drug-likeness (QED) is 0.813. The second-order valence-electron chi connectivity index (χ2n) is 2.38. The number of aromatic nitrogens is 3. The third-order valence-electron chi connectivity index (χ3n) is 1.42. The van der Waals surface area contributed by atoms with Crippen molar-refractivity contribution in [2.75, 3.05) is 0 Å². The minimum absolute atomic E-state index is 0.537. The van der Waals surface area contributed by atoms with E-state index in [1.54, 1.807) is 13.1 Å². The monoisotopic (exact) mass is 227 g/mol.